The number of fused-ring (bicyclic) bond motifs is 1. The molecule has 3 aromatic rings. The molecule has 4 amide bonds. The van der Waals surface area contributed by atoms with Gasteiger partial charge in [0.05, 0.1) is 5.52 Å². The molecule has 12 heteroatoms. The summed E-state index contributed by atoms with van der Waals surface area (Å²) in [5, 5.41) is 16.6. The second-order valence-corrected chi connectivity index (χ2v) is 11.6. The van der Waals surface area contributed by atoms with Crippen LogP contribution in [0.15, 0.2) is 48.5 Å². The highest BCUT2D eigenvalue weighted by Crippen LogP contribution is 2.22. The molecule has 2 heterocycles. The molecule has 0 radical (unpaired) electrons. The minimum absolute atomic E-state index is 0.139. The van der Waals surface area contributed by atoms with Gasteiger partial charge in [0.2, 0.25) is 17.7 Å². The molecule has 0 saturated carbocycles. The van der Waals surface area contributed by atoms with Gasteiger partial charge in [-0.3, -0.25) is 14.4 Å². The van der Waals surface area contributed by atoms with E-state index in [4.69, 9.17) is 4.74 Å². The van der Waals surface area contributed by atoms with E-state index in [1.54, 1.807) is 32.5 Å². The van der Waals surface area contributed by atoms with Crippen molar-refractivity contribution in [3.8, 4) is 0 Å². The summed E-state index contributed by atoms with van der Waals surface area (Å²) >= 11 is 0. The van der Waals surface area contributed by atoms with Gasteiger partial charge in [-0.1, -0.05) is 41.6 Å². The summed E-state index contributed by atoms with van der Waals surface area (Å²) < 4.78 is 7.10. The molecule has 224 valence electrons. The Kier molecular flexibility index (Phi) is 9.44. The molecule has 12 nitrogen and oxygen atoms in total. The normalized spacial score (nSPS) is 17.5. The van der Waals surface area contributed by atoms with Crippen molar-refractivity contribution in [2.24, 2.45) is 7.05 Å². The maximum atomic E-state index is 14.0. The van der Waals surface area contributed by atoms with Crippen LogP contribution < -0.4 is 16.0 Å². The van der Waals surface area contributed by atoms with Crippen LogP contribution in [0.25, 0.3) is 11.0 Å². The number of benzene rings is 2. The quantitative estimate of drug-likeness (QED) is 0.353. The molecule has 4 rings (SSSR count). The third-order valence-electron chi connectivity index (χ3n) is 6.99. The van der Waals surface area contributed by atoms with E-state index in [1.165, 1.54) is 11.8 Å². The van der Waals surface area contributed by atoms with Gasteiger partial charge in [0.25, 0.3) is 0 Å². The maximum absolute atomic E-state index is 14.0. The molecule has 1 aromatic heterocycles. The highest BCUT2D eigenvalue weighted by atomic mass is 16.6. The van der Waals surface area contributed by atoms with E-state index < -0.39 is 35.7 Å². The van der Waals surface area contributed by atoms with Gasteiger partial charge in [0, 0.05) is 33.1 Å². The van der Waals surface area contributed by atoms with E-state index in [9.17, 15) is 19.2 Å². The Morgan fingerprint density at radius 3 is 2.50 bits per heavy atom. The molecule has 1 unspecified atom stereocenters. The number of hydrogen-bond acceptors (Lipinski definition) is 7. The van der Waals surface area contributed by atoms with E-state index in [0.29, 0.717) is 18.4 Å². The summed E-state index contributed by atoms with van der Waals surface area (Å²) in [7, 11) is 1.80. The molecule has 0 bridgehead atoms. The maximum Gasteiger partial charge on any atom is 0.408 e. The van der Waals surface area contributed by atoms with Crippen molar-refractivity contribution in [3.05, 3.63) is 59.7 Å². The first-order valence-electron chi connectivity index (χ1n) is 14.1. The van der Waals surface area contributed by atoms with Crippen LogP contribution in [-0.4, -0.2) is 74.0 Å². The van der Waals surface area contributed by atoms with Gasteiger partial charge >= 0.3 is 6.09 Å². The monoisotopic (exact) mass is 577 g/mol. The Balaban J connectivity index is 1.51. The van der Waals surface area contributed by atoms with Crippen LogP contribution in [0.4, 0.5) is 4.79 Å². The lowest BCUT2D eigenvalue weighted by atomic mass is 10.0. The lowest BCUT2D eigenvalue weighted by Gasteiger charge is -2.29. The van der Waals surface area contributed by atoms with E-state index in [0.717, 1.165) is 16.6 Å². The summed E-state index contributed by atoms with van der Waals surface area (Å²) in [5.41, 5.74) is 2.67. The number of carbonyl (C=O) groups excluding carboxylic acids is 4. The SMILES string of the molecule is CC(=O)NC1C[C@@H](C(=O)NCc2ccc3c(c2)nnn3C)N(C(=O)[C@@H](CCc2ccccc2)NC(=O)OC(C)(C)C)C1. The Hall–Kier alpha value is -4.48. The van der Waals surface area contributed by atoms with Crippen LogP contribution in [0.5, 0.6) is 0 Å². The van der Waals surface area contributed by atoms with Gasteiger partial charge in [-0.05, 0) is 63.3 Å². The molecule has 3 atom stereocenters. The first-order chi connectivity index (χ1) is 19.9. The molecule has 1 aliphatic heterocycles. The minimum Gasteiger partial charge on any atom is -0.444 e. The minimum atomic E-state index is -0.939. The van der Waals surface area contributed by atoms with Gasteiger partial charge in [-0.2, -0.15) is 0 Å². The Morgan fingerprint density at radius 2 is 1.81 bits per heavy atom. The number of ether oxygens (including phenoxy) is 1. The van der Waals surface area contributed by atoms with E-state index in [2.05, 4.69) is 26.3 Å². The fourth-order valence-electron chi connectivity index (χ4n) is 5.09. The van der Waals surface area contributed by atoms with Crippen molar-refractivity contribution < 1.29 is 23.9 Å². The molecule has 1 saturated heterocycles. The number of nitrogens with zero attached hydrogens (tertiary/aromatic N) is 4. The fraction of sp³-hybridized carbons (Fsp3) is 0.467. The van der Waals surface area contributed by atoms with E-state index in [1.807, 2.05) is 48.5 Å². The largest absolute Gasteiger partial charge is 0.444 e. The Bertz CT molecular complexity index is 1430. The summed E-state index contributed by atoms with van der Waals surface area (Å²) in [5.74, 6) is -1.02. The average Bonchev–Trinajstić information content (AvgIpc) is 3.51. The molecule has 42 heavy (non-hydrogen) atoms. The molecular weight excluding hydrogens is 538 g/mol. The van der Waals surface area contributed by atoms with Gasteiger partial charge in [0.15, 0.2) is 0 Å². The number of amides is 4. The summed E-state index contributed by atoms with van der Waals surface area (Å²) in [6.07, 6.45) is 0.359. The number of aromatic nitrogens is 3. The predicted molar refractivity (Wildman–Crippen MR) is 156 cm³/mol. The number of alkyl carbamates (subject to hydrolysis) is 1. The van der Waals surface area contributed by atoms with Gasteiger partial charge in [-0.25, -0.2) is 9.48 Å². The highest BCUT2D eigenvalue weighted by Gasteiger charge is 2.42. The van der Waals surface area contributed by atoms with Crippen LogP contribution in [0.3, 0.4) is 0 Å². The first kappa shape index (κ1) is 30.5. The highest BCUT2D eigenvalue weighted by molar-refractivity contribution is 5.92. The van der Waals surface area contributed by atoms with Crippen LogP contribution in [0.2, 0.25) is 0 Å². The van der Waals surface area contributed by atoms with Crippen molar-refractivity contribution in [1.29, 1.82) is 0 Å². The van der Waals surface area contributed by atoms with Crippen molar-refractivity contribution >= 4 is 34.8 Å². The standard InChI is InChI=1S/C30H39N7O5/c1-19(38)32-22-16-26(27(39)31-17-21-12-14-25-24(15-21)34-35-36(25)5)37(18-22)28(40)23(33-29(41)42-30(2,3)4)13-11-20-9-7-6-8-10-20/h6-10,12,14-15,22-23,26H,11,13,16-18H2,1-5H3,(H,31,39)(H,32,38)(H,33,41)/t22?,23-,26+/m1/s1. The van der Waals surface area contributed by atoms with Crippen LogP contribution >= 0.6 is 0 Å². The van der Waals surface area contributed by atoms with E-state index in [-0.39, 0.29) is 31.3 Å². The van der Waals surface area contributed by atoms with E-state index >= 15 is 0 Å². The summed E-state index contributed by atoms with van der Waals surface area (Å²) in [6.45, 7) is 6.99. The van der Waals surface area contributed by atoms with Crippen molar-refractivity contribution in [2.75, 3.05) is 6.54 Å². The molecule has 1 fully saturated rings. The van der Waals surface area contributed by atoms with Crippen LogP contribution in [0, 0.1) is 0 Å². The summed E-state index contributed by atoms with van der Waals surface area (Å²) in [4.78, 5) is 53.5. The molecule has 2 aromatic carbocycles. The van der Waals surface area contributed by atoms with Gasteiger partial charge < -0.3 is 25.6 Å². The van der Waals surface area contributed by atoms with Gasteiger partial charge in [0.1, 0.15) is 23.2 Å². The molecule has 3 N–H and O–H groups in total. The first-order valence-corrected chi connectivity index (χ1v) is 14.1. The summed E-state index contributed by atoms with van der Waals surface area (Å²) in [6, 6.07) is 13.1. The number of likely N-dealkylation sites (tertiary alicyclic amines) is 1. The third kappa shape index (κ3) is 8.05. The number of hydrogen-bond donors (Lipinski definition) is 3. The Labute approximate surface area is 245 Å². The smallest absolute Gasteiger partial charge is 0.408 e. The van der Waals surface area contributed by atoms with Crippen molar-refractivity contribution in [2.45, 2.75) is 77.2 Å². The number of nitrogens with one attached hydrogen (secondary N) is 3. The lowest BCUT2D eigenvalue weighted by molar-refractivity contribution is -0.140. The molecule has 0 aliphatic carbocycles. The van der Waals surface area contributed by atoms with Crippen LogP contribution in [0.1, 0.15) is 51.7 Å². The van der Waals surface area contributed by atoms with Crippen molar-refractivity contribution in [1.82, 2.24) is 35.8 Å². The molecule has 0 spiro atoms. The Morgan fingerprint density at radius 1 is 1.07 bits per heavy atom. The second kappa shape index (κ2) is 13.0. The molecule has 1 aliphatic rings. The van der Waals surface area contributed by atoms with Gasteiger partial charge in [-0.15, -0.1) is 5.10 Å². The number of aryl methyl sites for hydroxylation is 2. The third-order valence-corrected chi connectivity index (χ3v) is 6.99. The molecular formula is C30H39N7O5. The van der Waals surface area contributed by atoms with Crippen LogP contribution in [-0.2, 0) is 39.1 Å². The second-order valence-electron chi connectivity index (χ2n) is 11.6. The van der Waals surface area contributed by atoms with Crippen molar-refractivity contribution in [3.63, 3.8) is 0 Å². The number of rotatable bonds is 9. The number of carbonyl (C=O) groups is 4. The fourth-order valence-corrected chi connectivity index (χ4v) is 5.09. The predicted octanol–water partition coefficient (Wildman–Crippen LogP) is 2.22. The topological polar surface area (TPSA) is 148 Å². The zero-order valence-electron chi connectivity index (χ0n) is 24.7. The zero-order chi connectivity index (χ0) is 30.4. The lowest BCUT2D eigenvalue weighted by Crippen LogP contribution is -2.54. The average molecular weight is 578 g/mol. The zero-order valence-corrected chi connectivity index (χ0v) is 24.7.